The summed E-state index contributed by atoms with van der Waals surface area (Å²) in [5.41, 5.74) is 0. The molecule has 6 nitrogen and oxygen atoms in total. The molecule has 0 aromatic heterocycles. The predicted molar refractivity (Wildman–Crippen MR) is 242 cm³/mol. The van der Waals surface area contributed by atoms with E-state index in [1.54, 1.807) is 0 Å². The molecule has 1 atom stereocenters. The second-order valence-corrected chi connectivity index (χ2v) is 15.3. The number of hydrogen-bond acceptors (Lipinski definition) is 6. The highest BCUT2D eigenvalue weighted by atomic mass is 16.6. The normalized spacial score (nSPS) is 12.7. The van der Waals surface area contributed by atoms with Crippen LogP contribution < -0.4 is 0 Å². The largest absolute Gasteiger partial charge is 0.462 e. The van der Waals surface area contributed by atoms with Gasteiger partial charge in [0.25, 0.3) is 0 Å². The lowest BCUT2D eigenvalue weighted by atomic mass is 10.1. The molecule has 1 unspecified atom stereocenters. The van der Waals surface area contributed by atoms with E-state index < -0.39 is 6.10 Å². The molecule has 0 fully saturated rings. The van der Waals surface area contributed by atoms with Crippen molar-refractivity contribution in [3.63, 3.8) is 0 Å². The number of carbonyl (C=O) groups is 3. The van der Waals surface area contributed by atoms with Gasteiger partial charge in [-0.05, 0) is 89.9 Å². The molecule has 6 heteroatoms. The molecule has 0 aromatic rings. The van der Waals surface area contributed by atoms with Crippen molar-refractivity contribution in [2.24, 2.45) is 0 Å². The van der Waals surface area contributed by atoms with Crippen molar-refractivity contribution in [1.29, 1.82) is 0 Å². The minimum Gasteiger partial charge on any atom is -0.462 e. The number of hydrogen-bond donors (Lipinski definition) is 0. The Morgan fingerprint density at radius 1 is 0.368 bits per heavy atom. The van der Waals surface area contributed by atoms with Crippen molar-refractivity contribution >= 4 is 17.9 Å². The Labute approximate surface area is 351 Å². The molecule has 0 radical (unpaired) electrons. The Morgan fingerprint density at radius 2 is 0.684 bits per heavy atom. The van der Waals surface area contributed by atoms with E-state index in [1.807, 2.05) is 0 Å². The van der Waals surface area contributed by atoms with Gasteiger partial charge in [0.05, 0.1) is 0 Å². The van der Waals surface area contributed by atoms with Gasteiger partial charge < -0.3 is 14.2 Å². The molecule has 0 aliphatic carbocycles. The van der Waals surface area contributed by atoms with Gasteiger partial charge in [0.1, 0.15) is 13.2 Å². The highest BCUT2D eigenvalue weighted by Gasteiger charge is 2.19. The van der Waals surface area contributed by atoms with Crippen LogP contribution in [0.15, 0.2) is 72.9 Å². The predicted octanol–water partition coefficient (Wildman–Crippen LogP) is 15.1. The number of allylic oxidation sites excluding steroid dienone is 12. The molecule has 326 valence electrons. The molecule has 0 N–H and O–H groups in total. The van der Waals surface area contributed by atoms with Crippen molar-refractivity contribution in [3.8, 4) is 0 Å². The van der Waals surface area contributed by atoms with Crippen LogP contribution in [-0.4, -0.2) is 37.2 Å². The van der Waals surface area contributed by atoms with Gasteiger partial charge in [0, 0.05) is 19.3 Å². The maximum Gasteiger partial charge on any atom is 0.306 e. The summed E-state index contributed by atoms with van der Waals surface area (Å²) >= 11 is 0. The van der Waals surface area contributed by atoms with Crippen molar-refractivity contribution in [1.82, 2.24) is 0 Å². The summed E-state index contributed by atoms with van der Waals surface area (Å²) < 4.78 is 16.6. The summed E-state index contributed by atoms with van der Waals surface area (Å²) in [4.78, 5) is 37.6. The second kappa shape index (κ2) is 45.6. The van der Waals surface area contributed by atoms with Crippen LogP contribution in [0.4, 0.5) is 0 Å². The summed E-state index contributed by atoms with van der Waals surface area (Å²) in [5.74, 6) is -0.929. The molecule has 0 rings (SSSR count). The van der Waals surface area contributed by atoms with E-state index in [4.69, 9.17) is 14.2 Å². The minimum absolute atomic E-state index is 0.0858. The van der Waals surface area contributed by atoms with Gasteiger partial charge >= 0.3 is 17.9 Å². The highest BCUT2D eigenvalue weighted by Crippen LogP contribution is 2.13. The maximum atomic E-state index is 12.7. The van der Waals surface area contributed by atoms with Crippen LogP contribution in [0.5, 0.6) is 0 Å². The van der Waals surface area contributed by atoms with Gasteiger partial charge in [-0.25, -0.2) is 0 Å². The summed E-state index contributed by atoms with van der Waals surface area (Å²) in [7, 11) is 0. The smallest absolute Gasteiger partial charge is 0.306 e. The van der Waals surface area contributed by atoms with Gasteiger partial charge in [-0.2, -0.15) is 0 Å². The molecule has 0 aromatic carbocycles. The summed E-state index contributed by atoms with van der Waals surface area (Å²) in [6, 6.07) is 0. The van der Waals surface area contributed by atoms with E-state index in [-0.39, 0.29) is 31.1 Å². The Balaban J connectivity index is 4.27. The molecular formula is C51H86O6. The van der Waals surface area contributed by atoms with Crippen LogP contribution in [0, 0.1) is 0 Å². The molecular weight excluding hydrogens is 709 g/mol. The van der Waals surface area contributed by atoms with E-state index in [0.29, 0.717) is 19.3 Å². The third-order valence-corrected chi connectivity index (χ3v) is 9.70. The topological polar surface area (TPSA) is 78.9 Å². The van der Waals surface area contributed by atoms with E-state index >= 15 is 0 Å². The lowest BCUT2D eigenvalue weighted by molar-refractivity contribution is -0.167. The fourth-order valence-electron chi connectivity index (χ4n) is 6.17. The van der Waals surface area contributed by atoms with Crippen LogP contribution in [-0.2, 0) is 28.6 Å². The van der Waals surface area contributed by atoms with Crippen LogP contribution in [0.1, 0.15) is 213 Å². The molecule has 0 heterocycles. The molecule has 0 amide bonds. The molecule has 0 bridgehead atoms. The Bertz CT molecular complexity index is 1100. The zero-order valence-corrected chi connectivity index (χ0v) is 37.1. The standard InChI is InChI=1S/C51H86O6/c1-4-7-10-13-16-18-20-22-23-24-25-26-27-28-29-30-32-33-35-38-41-44-50(53)56-47-48(46-55-49(52)43-40-37-15-12-9-6-3)57-51(54)45-42-39-36-34-31-21-19-17-14-11-8-5-2/h7,10,16-19,22-23,25-26,28-29,48H,4-6,8-9,11-15,20-21,24,27,30-47H2,1-3H3/b10-7-,18-16-,19-17-,23-22-,26-25-,29-28-. The second-order valence-electron chi connectivity index (χ2n) is 15.3. The first-order chi connectivity index (χ1) is 28.0. The van der Waals surface area contributed by atoms with Gasteiger partial charge in [-0.3, -0.25) is 14.4 Å². The number of rotatable bonds is 41. The number of ether oxygens (including phenoxy) is 3. The highest BCUT2D eigenvalue weighted by molar-refractivity contribution is 5.71. The van der Waals surface area contributed by atoms with Crippen molar-refractivity contribution in [3.05, 3.63) is 72.9 Å². The molecule has 0 aliphatic heterocycles. The SMILES string of the molecule is CC/C=C\C/C=C\C/C=C\C/C=C\C/C=C\CCCCCCCC(=O)OCC(COC(=O)CCCCCCCC)OC(=O)CCCCCCC/C=C\CCCCC. The maximum absolute atomic E-state index is 12.7. The molecule has 0 saturated heterocycles. The summed E-state index contributed by atoms with van der Waals surface area (Å²) in [6.45, 7) is 6.40. The Kier molecular flexibility index (Phi) is 43.0. The molecule has 0 saturated carbocycles. The zero-order valence-electron chi connectivity index (χ0n) is 37.1. The lowest BCUT2D eigenvalue weighted by Crippen LogP contribution is -2.30. The average Bonchev–Trinajstić information content (AvgIpc) is 3.21. The summed E-state index contributed by atoms with van der Waals surface area (Å²) in [6.07, 6.45) is 56.2. The Hall–Kier alpha value is -3.15. The van der Waals surface area contributed by atoms with Gasteiger partial charge in [-0.1, -0.05) is 177 Å². The quantitative estimate of drug-likeness (QED) is 0.0265. The number of carbonyl (C=O) groups excluding carboxylic acids is 3. The lowest BCUT2D eigenvalue weighted by Gasteiger charge is -2.18. The van der Waals surface area contributed by atoms with Crippen LogP contribution in [0.2, 0.25) is 0 Å². The van der Waals surface area contributed by atoms with Gasteiger partial charge in [0.15, 0.2) is 6.10 Å². The van der Waals surface area contributed by atoms with Crippen molar-refractivity contribution < 1.29 is 28.6 Å². The van der Waals surface area contributed by atoms with E-state index in [1.165, 1.54) is 51.4 Å². The average molecular weight is 795 g/mol. The monoisotopic (exact) mass is 795 g/mol. The van der Waals surface area contributed by atoms with Crippen molar-refractivity contribution in [2.45, 2.75) is 219 Å². The summed E-state index contributed by atoms with van der Waals surface area (Å²) in [5, 5.41) is 0. The van der Waals surface area contributed by atoms with Crippen LogP contribution >= 0.6 is 0 Å². The van der Waals surface area contributed by atoms with E-state index in [9.17, 15) is 14.4 Å². The third kappa shape index (κ3) is 43.8. The minimum atomic E-state index is -0.782. The first kappa shape index (κ1) is 53.9. The fraction of sp³-hybridized carbons (Fsp3) is 0.706. The molecule has 0 aliphatic rings. The van der Waals surface area contributed by atoms with Gasteiger partial charge in [0.2, 0.25) is 0 Å². The third-order valence-electron chi connectivity index (χ3n) is 9.70. The fourth-order valence-corrected chi connectivity index (χ4v) is 6.17. The van der Waals surface area contributed by atoms with Crippen LogP contribution in [0.25, 0.3) is 0 Å². The first-order valence-electron chi connectivity index (χ1n) is 23.4. The van der Waals surface area contributed by atoms with Crippen LogP contribution in [0.3, 0.4) is 0 Å². The molecule has 0 spiro atoms. The molecule has 57 heavy (non-hydrogen) atoms. The van der Waals surface area contributed by atoms with Crippen molar-refractivity contribution in [2.75, 3.05) is 13.2 Å². The van der Waals surface area contributed by atoms with E-state index in [2.05, 4.69) is 93.7 Å². The number of unbranched alkanes of at least 4 members (excludes halogenated alkanes) is 18. The zero-order chi connectivity index (χ0) is 41.5. The first-order valence-corrected chi connectivity index (χ1v) is 23.4. The van der Waals surface area contributed by atoms with E-state index in [0.717, 1.165) is 122 Å². The number of esters is 3. The van der Waals surface area contributed by atoms with Gasteiger partial charge in [-0.15, -0.1) is 0 Å². The Morgan fingerprint density at radius 3 is 1.12 bits per heavy atom.